The molecule has 3 N–H and O–H groups in total. The van der Waals surface area contributed by atoms with Gasteiger partial charge < -0.3 is 10.4 Å². The summed E-state index contributed by atoms with van der Waals surface area (Å²) in [5, 5.41) is 19.0. The van der Waals surface area contributed by atoms with Crippen LogP contribution in [0.3, 0.4) is 0 Å². The number of H-pyrrole nitrogens is 1. The number of nitrogens with one attached hydrogen (secondary N) is 2. The fraction of sp³-hybridized carbons (Fsp3) is 0.643. The molecule has 1 aromatic heterocycles. The molecule has 21 heavy (non-hydrogen) atoms. The molecule has 7 nitrogen and oxygen atoms in total. The number of anilines is 1. The van der Waals surface area contributed by atoms with Crippen LogP contribution in [0.1, 0.15) is 31.2 Å². The lowest BCUT2D eigenvalue weighted by molar-refractivity contribution is -0.147. The highest BCUT2D eigenvalue weighted by Crippen LogP contribution is 2.23. The van der Waals surface area contributed by atoms with E-state index >= 15 is 0 Å². The van der Waals surface area contributed by atoms with Crippen molar-refractivity contribution in [1.29, 1.82) is 0 Å². The van der Waals surface area contributed by atoms with Crippen molar-refractivity contribution in [3.8, 4) is 0 Å². The van der Waals surface area contributed by atoms with Gasteiger partial charge in [0.1, 0.15) is 6.04 Å². The molecule has 1 aliphatic rings. The molecule has 1 aromatic rings. The van der Waals surface area contributed by atoms with E-state index in [2.05, 4.69) is 15.5 Å². The van der Waals surface area contributed by atoms with Crippen LogP contribution in [-0.2, 0) is 9.59 Å². The smallest absolute Gasteiger partial charge is 0.321 e. The highest BCUT2D eigenvalue weighted by molar-refractivity contribution is 5.93. The predicted molar refractivity (Wildman–Crippen MR) is 78.1 cm³/mol. The molecule has 116 valence electrons. The van der Waals surface area contributed by atoms with E-state index in [1.54, 1.807) is 4.90 Å². The number of carbonyl (C=O) groups is 2. The molecule has 2 heterocycles. The molecule has 0 radical (unpaired) electrons. The number of piperidine rings is 1. The van der Waals surface area contributed by atoms with Crippen LogP contribution < -0.4 is 5.32 Å². The Morgan fingerprint density at radius 1 is 1.48 bits per heavy atom. The van der Waals surface area contributed by atoms with Gasteiger partial charge in [-0.2, -0.15) is 5.10 Å². The van der Waals surface area contributed by atoms with E-state index in [4.69, 9.17) is 0 Å². The molecule has 0 saturated carbocycles. The van der Waals surface area contributed by atoms with Crippen molar-refractivity contribution in [2.45, 2.75) is 39.7 Å². The Morgan fingerprint density at radius 3 is 2.76 bits per heavy atom. The maximum absolute atomic E-state index is 12.2. The first kappa shape index (κ1) is 15.5. The van der Waals surface area contributed by atoms with Crippen LogP contribution in [0, 0.1) is 19.8 Å². The predicted octanol–water partition coefficient (Wildman–Crippen LogP) is 1.15. The molecule has 7 heteroatoms. The number of aromatic nitrogens is 2. The average Bonchev–Trinajstić information content (AvgIpc) is 2.70. The van der Waals surface area contributed by atoms with E-state index in [-0.39, 0.29) is 18.4 Å². The topological polar surface area (TPSA) is 98.3 Å². The highest BCUT2D eigenvalue weighted by Gasteiger charge is 2.35. The molecule has 1 aliphatic heterocycles. The summed E-state index contributed by atoms with van der Waals surface area (Å²) in [6.07, 6.45) is 1.80. The van der Waals surface area contributed by atoms with E-state index in [9.17, 15) is 14.7 Å². The van der Waals surface area contributed by atoms with Gasteiger partial charge in [-0.3, -0.25) is 19.6 Å². The van der Waals surface area contributed by atoms with Crippen LogP contribution in [0.4, 0.5) is 5.69 Å². The van der Waals surface area contributed by atoms with Crippen LogP contribution in [-0.4, -0.2) is 51.2 Å². The molecule has 0 bridgehead atoms. The minimum atomic E-state index is -0.856. The minimum Gasteiger partial charge on any atom is -0.480 e. The number of aromatic amines is 1. The summed E-state index contributed by atoms with van der Waals surface area (Å²) < 4.78 is 0. The van der Waals surface area contributed by atoms with Crippen LogP contribution in [0.2, 0.25) is 0 Å². The first-order valence-corrected chi connectivity index (χ1v) is 7.18. The van der Waals surface area contributed by atoms with E-state index < -0.39 is 12.0 Å². The summed E-state index contributed by atoms with van der Waals surface area (Å²) in [5.41, 5.74) is 2.20. The normalized spacial score (nSPS) is 23.0. The number of aryl methyl sites for hydroxylation is 2. The molecule has 2 unspecified atom stereocenters. The Balaban J connectivity index is 2.02. The second-order valence-electron chi connectivity index (χ2n) is 5.73. The molecule has 1 amide bonds. The summed E-state index contributed by atoms with van der Waals surface area (Å²) in [5.74, 6) is -1.00. The maximum atomic E-state index is 12.2. The van der Waals surface area contributed by atoms with Crippen molar-refractivity contribution in [3.63, 3.8) is 0 Å². The van der Waals surface area contributed by atoms with Gasteiger partial charge in [0.15, 0.2) is 0 Å². The van der Waals surface area contributed by atoms with Gasteiger partial charge in [-0.15, -0.1) is 0 Å². The highest BCUT2D eigenvalue weighted by atomic mass is 16.4. The number of carboxylic acids is 1. The van der Waals surface area contributed by atoms with Gasteiger partial charge in [-0.25, -0.2) is 0 Å². The lowest BCUT2D eigenvalue weighted by Gasteiger charge is -2.36. The van der Waals surface area contributed by atoms with E-state index in [1.165, 1.54) is 0 Å². The third-order valence-electron chi connectivity index (χ3n) is 4.03. The molecule has 0 aliphatic carbocycles. The number of nitrogens with zero attached hydrogens (tertiary/aromatic N) is 2. The largest absolute Gasteiger partial charge is 0.480 e. The molecule has 1 fully saturated rings. The van der Waals surface area contributed by atoms with Gasteiger partial charge in [-0.05, 0) is 39.2 Å². The van der Waals surface area contributed by atoms with Crippen LogP contribution in [0.5, 0.6) is 0 Å². The molecule has 1 saturated heterocycles. The van der Waals surface area contributed by atoms with Crippen molar-refractivity contribution in [3.05, 3.63) is 11.4 Å². The summed E-state index contributed by atoms with van der Waals surface area (Å²) >= 11 is 0. The molecule has 0 aromatic carbocycles. The number of hydrogen-bond acceptors (Lipinski definition) is 4. The number of hydrogen-bond donors (Lipinski definition) is 3. The van der Waals surface area contributed by atoms with Crippen molar-refractivity contribution in [2.75, 3.05) is 18.4 Å². The van der Waals surface area contributed by atoms with Crippen LogP contribution >= 0.6 is 0 Å². The molecule has 0 spiro atoms. The molecular weight excluding hydrogens is 272 g/mol. The van der Waals surface area contributed by atoms with E-state index in [1.807, 2.05) is 20.8 Å². The average molecular weight is 294 g/mol. The SMILES string of the molecule is Cc1n[nH]c(C)c1NC(=O)CN1CCCC(C)C1C(=O)O. The number of carboxylic acid groups (broad SMARTS) is 1. The molecular formula is C14H22N4O3. The van der Waals surface area contributed by atoms with Gasteiger partial charge in [0, 0.05) is 0 Å². The first-order chi connectivity index (χ1) is 9.90. The van der Waals surface area contributed by atoms with Gasteiger partial charge >= 0.3 is 5.97 Å². The fourth-order valence-corrected chi connectivity index (χ4v) is 2.95. The van der Waals surface area contributed by atoms with Gasteiger partial charge in [0.2, 0.25) is 5.91 Å². The second kappa shape index (κ2) is 6.26. The quantitative estimate of drug-likeness (QED) is 0.774. The Labute approximate surface area is 123 Å². The maximum Gasteiger partial charge on any atom is 0.321 e. The third-order valence-corrected chi connectivity index (χ3v) is 4.03. The van der Waals surface area contributed by atoms with Crippen molar-refractivity contribution in [1.82, 2.24) is 15.1 Å². The lowest BCUT2D eigenvalue weighted by Crippen LogP contribution is -2.51. The first-order valence-electron chi connectivity index (χ1n) is 7.18. The van der Waals surface area contributed by atoms with Crippen molar-refractivity contribution < 1.29 is 14.7 Å². The summed E-state index contributed by atoms with van der Waals surface area (Å²) in [6, 6.07) is -0.587. The zero-order chi connectivity index (χ0) is 15.6. The van der Waals surface area contributed by atoms with E-state index in [0.717, 1.165) is 24.2 Å². The van der Waals surface area contributed by atoms with Crippen LogP contribution in [0.15, 0.2) is 0 Å². The molecule has 2 rings (SSSR count). The third kappa shape index (κ3) is 3.41. The van der Waals surface area contributed by atoms with Gasteiger partial charge in [0.05, 0.1) is 23.6 Å². The number of carbonyl (C=O) groups excluding carboxylic acids is 1. The Morgan fingerprint density at radius 2 is 2.19 bits per heavy atom. The summed E-state index contributed by atoms with van der Waals surface area (Å²) in [7, 11) is 0. The fourth-order valence-electron chi connectivity index (χ4n) is 2.95. The van der Waals surface area contributed by atoms with E-state index in [0.29, 0.717) is 12.2 Å². The summed E-state index contributed by atoms with van der Waals surface area (Å²) in [4.78, 5) is 25.3. The molecule has 2 atom stereocenters. The standard InChI is InChI=1S/C14H22N4O3/c1-8-5-4-6-18(13(8)14(20)21)7-11(19)15-12-9(2)16-17-10(12)3/h8,13H,4-7H2,1-3H3,(H,15,19)(H,16,17)(H,20,21). The minimum absolute atomic E-state index is 0.0569. The number of amides is 1. The Hall–Kier alpha value is -1.89. The number of rotatable bonds is 4. The van der Waals surface area contributed by atoms with Crippen molar-refractivity contribution in [2.24, 2.45) is 5.92 Å². The van der Waals surface area contributed by atoms with Gasteiger partial charge in [-0.1, -0.05) is 6.92 Å². The summed E-state index contributed by atoms with van der Waals surface area (Å²) in [6.45, 7) is 6.29. The zero-order valence-electron chi connectivity index (χ0n) is 12.6. The second-order valence-corrected chi connectivity index (χ2v) is 5.73. The Kier molecular flexibility index (Phi) is 4.62. The lowest BCUT2D eigenvalue weighted by atomic mass is 9.91. The monoisotopic (exact) mass is 294 g/mol. The van der Waals surface area contributed by atoms with Crippen LogP contribution in [0.25, 0.3) is 0 Å². The number of likely N-dealkylation sites (tertiary alicyclic amines) is 1. The van der Waals surface area contributed by atoms with Gasteiger partial charge in [0.25, 0.3) is 0 Å². The van der Waals surface area contributed by atoms with Crippen molar-refractivity contribution >= 4 is 17.6 Å². The zero-order valence-corrected chi connectivity index (χ0v) is 12.6. The number of aliphatic carboxylic acids is 1. The Bertz CT molecular complexity index is 521.